The first-order chi connectivity index (χ1) is 8.29. The van der Waals surface area contributed by atoms with E-state index in [2.05, 4.69) is 10.6 Å². The molecular weight excluding hydrogens is 230 g/mol. The summed E-state index contributed by atoms with van der Waals surface area (Å²) in [5.41, 5.74) is -0.557. The molecule has 18 heavy (non-hydrogen) atoms. The molecule has 1 unspecified atom stereocenters. The molecule has 0 aromatic rings. The Kier molecular flexibility index (Phi) is 3.67. The van der Waals surface area contributed by atoms with Crippen molar-refractivity contribution in [2.24, 2.45) is 0 Å². The summed E-state index contributed by atoms with van der Waals surface area (Å²) in [6.45, 7) is 12.0. The summed E-state index contributed by atoms with van der Waals surface area (Å²) in [4.78, 5) is 14.4. The highest BCUT2D eigenvalue weighted by Crippen LogP contribution is 2.28. The summed E-state index contributed by atoms with van der Waals surface area (Å²) in [6, 6.07) is -0.0940. The van der Waals surface area contributed by atoms with Crippen LogP contribution >= 0.6 is 0 Å². The van der Waals surface area contributed by atoms with E-state index >= 15 is 0 Å². The lowest BCUT2D eigenvalue weighted by Crippen LogP contribution is -2.64. The molecule has 2 fully saturated rings. The average Bonchev–Trinajstić information content (AvgIpc) is 2.25. The third-order valence-corrected chi connectivity index (χ3v) is 3.35. The maximum Gasteiger partial charge on any atom is 0.241 e. The van der Waals surface area contributed by atoms with Gasteiger partial charge in [-0.2, -0.15) is 0 Å². The van der Waals surface area contributed by atoms with Gasteiger partial charge in [-0.1, -0.05) is 0 Å². The molecule has 2 rings (SSSR count). The van der Waals surface area contributed by atoms with Crippen LogP contribution in [0.15, 0.2) is 0 Å². The van der Waals surface area contributed by atoms with Crippen LogP contribution in [-0.4, -0.2) is 60.8 Å². The summed E-state index contributed by atoms with van der Waals surface area (Å²) in [6.07, 6.45) is 0. The number of carbonyl (C=O) groups excluding carboxylic acids is 1. The number of ether oxygens (including phenoxy) is 1. The first kappa shape index (κ1) is 13.8. The van der Waals surface area contributed by atoms with E-state index < -0.39 is 0 Å². The Bertz CT molecular complexity index is 306. The smallest absolute Gasteiger partial charge is 0.241 e. The Balaban J connectivity index is 2.05. The molecule has 0 radical (unpaired) electrons. The topological polar surface area (TPSA) is 53.6 Å². The fourth-order valence-electron chi connectivity index (χ4n) is 2.99. The third kappa shape index (κ3) is 3.22. The maximum atomic E-state index is 12.5. The first-order valence-corrected chi connectivity index (χ1v) is 6.72. The van der Waals surface area contributed by atoms with Crippen molar-refractivity contribution in [1.82, 2.24) is 15.5 Å². The van der Waals surface area contributed by atoms with E-state index in [4.69, 9.17) is 4.74 Å². The van der Waals surface area contributed by atoms with Gasteiger partial charge >= 0.3 is 0 Å². The predicted octanol–water partition coefficient (Wildman–Crippen LogP) is -0.0362. The molecule has 2 saturated heterocycles. The molecule has 0 bridgehead atoms. The van der Waals surface area contributed by atoms with Crippen molar-refractivity contribution in [2.45, 2.75) is 44.9 Å². The summed E-state index contributed by atoms with van der Waals surface area (Å²) in [5, 5.41) is 6.53. The van der Waals surface area contributed by atoms with Crippen LogP contribution in [0.25, 0.3) is 0 Å². The van der Waals surface area contributed by atoms with Gasteiger partial charge in [-0.15, -0.1) is 0 Å². The van der Waals surface area contributed by atoms with Crippen molar-refractivity contribution in [3.05, 3.63) is 0 Å². The van der Waals surface area contributed by atoms with Gasteiger partial charge in [-0.3, -0.25) is 4.79 Å². The minimum Gasteiger partial charge on any atom is -0.366 e. The number of amides is 1. The van der Waals surface area contributed by atoms with E-state index in [0.717, 1.165) is 19.6 Å². The highest BCUT2D eigenvalue weighted by atomic mass is 16.5. The van der Waals surface area contributed by atoms with Crippen LogP contribution in [0.2, 0.25) is 0 Å². The molecule has 2 aliphatic rings. The number of hydrogen-bond acceptors (Lipinski definition) is 4. The number of carbonyl (C=O) groups is 1. The van der Waals surface area contributed by atoms with Crippen molar-refractivity contribution in [3.63, 3.8) is 0 Å². The van der Waals surface area contributed by atoms with Gasteiger partial charge in [0.25, 0.3) is 0 Å². The molecule has 2 heterocycles. The lowest BCUT2D eigenvalue weighted by molar-refractivity contribution is -0.189. The zero-order valence-electron chi connectivity index (χ0n) is 11.9. The Morgan fingerprint density at radius 1 is 1.17 bits per heavy atom. The Labute approximate surface area is 109 Å². The predicted molar refractivity (Wildman–Crippen MR) is 70.5 cm³/mol. The van der Waals surface area contributed by atoms with Crippen LogP contribution in [-0.2, 0) is 9.53 Å². The van der Waals surface area contributed by atoms with Crippen molar-refractivity contribution in [3.8, 4) is 0 Å². The molecule has 2 N–H and O–H groups in total. The SMILES string of the molecule is CC1(C)CN(C(=O)C2CNCCN2)CC(C)(C)O1. The van der Waals surface area contributed by atoms with Crippen molar-refractivity contribution in [1.29, 1.82) is 0 Å². The van der Waals surface area contributed by atoms with E-state index in [-0.39, 0.29) is 23.2 Å². The third-order valence-electron chi connectivity index (χ3n) is 3.35. The van der Waals surface area contributed by atoms with E-state index in [0.29, 0.717) is 13.1 Å². The van der Waals surface area contributed by atoms with Crippen molar-refractivity contribution in [2.75, 3.05) is 32.7 Å². The molecule has 104 valence electrons. The molecule has 0 aromatic heterocycles. The Morgan fingerprint density at radius 3 is 2.28 bits per heavy atom. The van der Waals surface area contributed by atoms with E-state index in [1.165, 1.54) is 0 Å². The monoisotopic (exact) mass is 255 g/mol. The molecule has 5 heteroatoms. The van der Waals surface area contributed by atoms with Crippen LogP contribution in [0.5, 0.6) is 0 Å². The molecule has 5 nitrogen and oxygen atoms in total. The van der Waals surface area contributed by atoms with Gasteiger partial charge in [0.2, 0.25) is 5.91 Å². The minimum absolute atomic E-state index is 0.0940. The first-order valence-electron chi connectivity index (χ1n) is 6.72. The lowest BCUT2D eigenvalue weighted by Gasteiger charge is -2.48. The average molecular weight is 255 g/mol. The fourth-order valence-corrected chi connectivity index (χ4v) is 2.99. The Hall–Kier alpha value is -0.650. The fraction of sp³-hybridized carbons (Fsp3) is 0.923. The second-order valence-corrected chi connectivity index (χ2v) is 6.53. The minimum atomic E-state index is -0.278. The largest absolute Gasteiger partial charge is 0.366 e. The molecule has 0 spiro atoms. The molecule has 0 saturated carbocycles. The van der Waals surface area contributed by atoms with Crippen molar-refractivity contribution >= 4 is 5.91 Å². The zero-order chi connectivity index (χ0) is 13.4. The van der Waals surface area contributed by atoms with Gasteiger partial charge in [0.1, 0.15) is 0 Å². The van der Waals surface area contributed by atoms with Gasteiger partial charge in [-0.05, 0) is 27.7 Å². The van der Waals surface area contributed by atoms with Gasteiger partial charge in [-0.25, -0.2) is 0 Å². The van der Waals surface area contributed by atoms with E-state index in [9.17, 15) is 4.79 Å². The molecular formula is C13H25N3O2. The van der Waals surface area contributed by atoms with Crippen LogP contribution < -0.4 is 10.6 Å². The van der Waals surface area contributed by atoms with Crippen LogP contribution in [0.1, 0.15) is 27.7 Å². The van der Waals surface area contributed by atoms with Gasteiger partial charge in [0.15, 0.2) is 0 Å². The number of hydrogen-bond donors (Lipinski definition) is 2. The van der Waals surface area contributed by atoms with Gasteiger partial charge in [0, 0.05) is 32.7 Å². The van der Waals surface area contributed by atoms with E-state index in [1.807, 2.05) is 32.6 Å². The van der Waals surface area contributed by atoms with Gasteiger partial charge < -0.3 is 20.3 Å². The van der Waals surface area contributed by atoms with Crippen LogP contribution in [0.3, 0.4) is 0 Å². The molecule has 0 aliphatic carbocycles. The summed E-state index contributed by atoms with van der Waals surface area (Å²) < 4.78 is 6.00. The highest BCUT2D eigenvalue weighted by Gasteiger charge is 2.41. The maximum absolute atomic E-state index is 12.5. The van der Waals surface area contributed by atoms with E-state index in [1.54, 1.807) is 0 Å². The normalized spacial score (nSPS) is 31.1. The van der Waals surface area contributed by atoms with Crippen molar-refractivity contribution < 1.29 is 9.53 Å². The molecule has 0 aromatic carbocycles. The number of piperazine rings is 1. The number of nitrogens with one attached hydrogen (secondary N) is 2. The highest BCUT2D eigenvalue weighted by molar-refractivity contribution is 5.82. The molecule has 1 amide bonds. The Morgan fingerprint density at radius 2 is 1.78 bits per heavy atom. The summed E-state index contributed by atoms with van der Waals surface area (Å²) in [7, 11) is 0. The van der Waals surface area contributed by atoms with Crippen LogP contribution in [0.4, 0.5) is 0 Å². The molecule has 1 atom stereocenters. The second-order valence-electron chi connectivity index (χ2n) is 6.53. The lowest BCUT2D eigenvalue weighted by atomic mass is 9.98. The number of nitrogens with zero attached hydrogens (tertiary/aromatic N) is 1. The number of morpholine rings is 1. The second kappa shape index (κ2) is 4.79. The van der Waals surface area contributed by atoms with Crippen LogP contribution in [0, 0.1) is 0 Å². The standard InChI is InChI=1S/C13H25N3O2/c1-12(2)8-16(9-13(3,4)18-12)11(17)10-7-14-5-6-15-10/h10,14-15H,5-9H2,1-4H3. The van der Waals surface area contributed by atoms with Gasteiger partial charge in [0.05, 0.1) is 17.2 Å². The molecule has 2 aliphatic heterocycles. The summed E-state index contributed by atoms with van der Waals surface area (Å²) in [5.74, 6) is 0.187. The quantitative estimate of drug-likeness (QED) is 0.690. The number of rotatable bonds is 1. The zero-order valence-corrected chi connectivity index (χ0v) is 11.9. The summed E-state index contributed by atoms with van der Waals surface area (Å²) >= 11 is 0.